The van der Waals surface area contributed by atoms with Crippen LogP contribution >= 0.6 is 11.6 Å². The average molecular weight is 427 g/mol. The quantitative estimate of drug-likeness (QED) is 0.603. The Kier molecular flexibility index (Phi) is 6.65. The molecule has 2 aromatic carbocycles. The second-order valence-electron chi connectivity index (χ2n) is 7.19. The molecule has 29 heavy (non-hydrogen) atoms. The van der Waals surface area contributed by atoms with Crippen LogP contribution in [0.15, 0.2) is 30.3 Å². The summed E-state index contributed by atoms with van der Waals surface area (Å²) in [5.74, 6) is -1.96. The molecule has 0 aromatic heterocycles. The highest BCUT2D eigenvalue weighted by Gasteiger charge is 2.29. The van der Waals surface area contributed by atoms with Crippen LogP contribution in [0.3, 0.4) is 0 Å². The largest absolute Gasteiger partial charge is 0.465 e. The number of benzene rings is 2. The molecule has 1 amide bonds. The molecule has 0 spiro atoms. The number of hydrogen-bond donors (Lipinski definition) is 1. The van der Waals surface area contributed by atoms with Crippen LogP contribution in [-0.2, 0) is 6.54 Å². The van der Waals surface area contributed by atoms with Gasteiger partial charge in [-0.1, -0.05) is 17.7 Å². The molecule has 1 N–H and O–H groups in total. The predicted molar refractivity (Wildman–Crippen MR) is 101 cm³/mol. The zero-order chi connectivity index (χ0) is 21.9. The second kappa shape index (κ2) is 8.62. The van der Waals surface area contributed by atoms with Crippen LogP contribution in [0.2, 0.25) is 5.02 Å². The zero-order valence-corrected chi connectivity index (χ0v) is 16.6. The van der Waals surface area contributed by atoms with Crippen molar-refractivity contribution in [2.45, 2.75) is 39.3 Å². The van der Waals surface area contributed by atoms with Crippen LogP contribution in [-0.4, -0.2) is 21.6 Å². The molecule has 0 saturated carbocycles. The van der Waals surface area contributed by atoms with Gasteiger partial charge in [0.25, 0.3) is 6.43 Å². The van der Waals surface area contributed by atoms with Crippen molar-refractivity contribution < 1.29 is 27.8 Å². The zero-order valence-electron chi connectivity index (χ0n) is 15.8. The highest BCUT2D eigenvalue weighted by molar-refractivity contribution is 6.30. The van der Waals surface area contributed by atoms with Crippen molar-refractivity contribution in [3.8, 4) is 17.6 Å². The summed E-state index contributed by atoms with van der Waals surface area (Å²) in [5.41, 5.74) is -1.59. The lowest BCUT2D eigenvalue weighted by molar-refractivity contribution is 0.0945. The number of nitriles is 1. The SMILES string of the molecule is CC(C)(C)N(Cc1ccc(C(F)F)c(Oc2cc(Cl)cc(C#N)c2)c1F)C(=O)O. The summed E-state index contributed by atoms with van der Waals surface area (Å²) >= 11 is 5.88. The molecule has 0 aliphatic rings. The van der Waals surface area contributed by atoms with Crippen molar-refractivity contribution in [3.05, 3.63) is 57.9 Å². The van der Waals surface area contributed by atoms with Crippen molar-refractivity contribution in [1.29, 1.82) is 5.26 Å². The number of nitrogens with zero attached hydrogens (tertiary/aromatic N) is 2. The van der Waals surface area contributed by atoms with Crippen LogP contribution in [0.5, 0.6) is 11.5 Å². The van der Waals surface area contributed by atoms with E-state index in [4.69, 9.17) is 21.6 Å². The maximum absolute atomic E-state index is 15.1. The molecular weight excluding hydrogens is 409 g/mol. The minimum atomic E-state index is -3.04. The van der Waals surface area contributed by atoms with Gasteiger partial charge in [-0.15, -0.1) is 0 Å². The molecule has 5 nitrogen and oxygen atoms in total. The molecule has 0 radical (unpaired) electrons. The van der Waals surface area contributed by atoms with Crippen LogP contribution in [0.4, 0.5) is 18.0 Å². The van der Waals surface area contributed by atoms with E-state index in [1.807, 2.05) is 6.07 Å². The van der Waals surface area contributed by atoms with Gasteiger partial charge >= 0.3 is 6.09 Å². The van der Waals surface area contributed by atoms with Gasteiger partial charge in [0.05, 0.1) is 23.7 Å². The minimum Gasteiger partial charge on any atom is -0.465 e. The molecule has 0 aliphatic carbocycles. The minimum absolute atomic E-state index is 0.0992. The Bertz CT molecular complexity index is 969. The summed E-state index contributed by atoms with van der Waals surface area (Å²) in [7, 11) is 0. The number of carbonyl (C=O) groups is 1. The summed E-state index contributed by atoms with van der Waals surface area (Å²) in [4.78, 5) is 12.5. The first-order chi connectivity index (χ1) is 13.4. The molecule has 2 aromatic rings. The smallest absolute Gasteiger partial charge is 0.408 e. The van der Waals surface area contributed by atoms with Gasteiger partial charge in [-0.05, 0) is 45.0 Å². The van der Waals surface area contributed by atoms with Crippen molar-refractivity contribution in [2.75, 3.05) is 0 Å². The first-order valence-corrected chi connectivity index (χ1v) is 8.80. The number of amides is 1. The van der Waals surface area contributed by atoms with Crippen molar-refractivity contribution in [2.24, 2.45) is 0 Å². The van der Waals surface area contributed by atoms with Crippen LogP contribution in [0, 0.1) is 17.1 Å². The topological polar surface area (TPSA) is 73.6 Å². The molecule has 0 unspecified atom stereocenters. The van der Waals surface area contributed by atoms with Crippen LogP contribution in [0.25, 0.3) is 0 Å². The van der Waals surface area contributed by atoms with E-state index in [0.717, 1.165) is 17.0 Å². The molecular formula is C20H18ClF3N2O3. The van der Waals surface area contributed by atoms with Crippen molar-refractivity contribution in [1.82, 2.24) is 4.90 Å². The van der Waals surface area contributed by atoms with Gasteiger partial charge in [0.1, 0.15) is 5.75 Å². The van der Waals surface area contributed by atoms with E-state index in [9.17, 15) is 18.7 Å². The maximum Gasteiger partial charge on any atom is 0.408 e. The molecule has 0 aliphatic heterocycles. The van der Waals surface area contributed by atoms with E-state index in [1.54, 1.807) is 20.8 Å². The van der Waals surface area contributed by atoms with Crippen molar-refractivity contribution >= 4 is 17.7 Å². The van der Waals surface area contributed by atoms with Gasteiger partial charge < -0.3 is 9.84 Å². The standard InChI is InChI=1S/C20H18ClF3N2O3/c1-20(2,3)26(19(27)28)10-12-4-5-15(18(23)24)17(16(12)22)29-14-7-11(9-25)6-13(21)8-14/h4-8,18H,10H2,1-3H3,(H,27,28). The van der Waals surface area contributed by atoms with E-state index >= 15 is 4.39 Å². The Labute approximate surface area is 170 Å². The molecule has 0 heterocycles. The Hall–Kier alpha value is -2.92. The van der Waals surface area contributed by atoms with Gasteiger partial charge in [-0.2, -0.15) is 5.26 Å². The van der Waals surface area contributed by atoms with Crippen LogP contribution in [0.1, 0.15) is 43.9 Å². The lowest BCUT2D eigenvalue weighted by Crippen LogP contribution is -2.44. The van der Waals surface area contributed by atoms with Gasteiger partial charge in [-0.25, -0.2) is 18.0 Å². The fourth-order valence-electron chi connectivity index (χ4n) is 2.58. The number of rotatable bonds is 5. The van der Waals surface area contributed by atoms with Crippen molar-refractivity contribution in [3.63, 3.8) is 0 Å². The Balaban J connectivity index is 2.53. The predicted octanol–water partition coefficient (Wildman–Crippen LogP) is 6.36. The molecule has 0 fully saturated rings. The Morgan fingerprint density at radius 3 is 2.48 bits per heavy atom. The summed E-state index contributed by atoms with van der Waals surface area (Å²) in [6.07, 6.45) is -4.33. The summed E-state index contributed by atoms with van der Waals surface area (Å²) < 4.78 is 47.3. The van der Waals surface area contributed by atoms with Gasteiger partial charge in [-0.3, -0.25) is 4.90 Å². The molecule has 0 bridgehead atoms. The first kappa shape index (κ1) is 22.4. The molecule has 0 atom stereocenters. The Morgan fingerprint density at radius 2 is 1.97 bits per heavy atom. The summed E-state index contributed by atoms with van der Waals surface area (Å²) in [5, 5.41) is 18.5. The lowest BCUT2D eigenvalue weighted by Gasteiger charge is -2.33. The average Bonchev–Trinajstić information content (AvgIpc) is 2.60. The fourth-order valence-corrected chi connectivity index (χ4v) is 2.80. The maximum atomic E-state index is 15.1. The number of ether oxygens (including phenoxy) is 1. The lowest BCUT2D eigenvalue weighted by atomic mass is 10.0. The van der Waals surface area contributed by atoms with E-state index in [1.165, 1.54) is 18.2 Å². The molecule has 2 rings (SSSR count). The number of carboxylic acid groups (broad SMARTS) is 1. The normalized spacial score (nSPS) is 11.3. The third-order valence-corrected chi connectivity index (χ3v) is 4.25. The van der Waals surface area contributed by atoms with Gasteiger partial charge in [0, 0.05) is 16.1 Å². The Morgan fingerprint density at radius 1 is 1.31 bits per heavy atom. The van der Waals surface area contributed by atoms with E-state index in [2.05, 4.69) is 0 Å². The fraction of sp³-hybridized carbons (Fsp3) is 0.300. The van der Waals surface area contributed by atoms with E-state index in [-0.39, 0.29) is 28.4 Å². The van der Waals surface area contributed by atoms with Gasteiger partial charge in [0.2, 0.25) is 0 Å². The first-order valence-electron chi connectivity index (χ1n) is 8.42. The number of halogens is 4. The third kappa shape index (κ3) is 5.33. The second-order valence-corrected chi connectivity index (χ2v) is 7.62. The number of hydrogen-bond acceptors (Lipinski definition) is 3. The molecule has 9 heteroatoms. The monoisotopic (exact) mass is 426 g/mol. The van der Waals surface area contributed by atoms with E-state index in [0.29, 0.717) is 0 Å². The number of alkyl halides is 2. The third-order valence-electron chi connectivity index (χ3n) is 4.03. The summed E-state index contributed by atoms with van der Waals surface area (Å²) in [6.45, 7) is 4.50. The summed E-state index contributed by atoms with van der Waals surface area (Å²) in [6, 6.07) is 7.74. The van der Waals surface area contributed by atoms with Gasteiger partial charge in [0.15, 0.2) is 11.6 Å². The van der Waals surface area contributed by atoms with E-state index < -0.39 is 35.2 Å². The molecule has 0 saturated heterocycles. The highest BCUT2D eigenvalue weighted by Crippen LogP contribution is 2.38. The van der Waals surface area contributed by atoms with Crippen LogP contribution < -0.4 is 4.74 Å². The highest BCUT2D eigenvalue weighted by atomic mass is 35.5. The molecule has 154 valence electrons.